The Hall–Kier alpha value is -3.61. The number of aromatic nitrogens is 2. The molecule has 1 fully saturated rings. The zero-order chi connectivity index (χ0) is 21.6. The molecule has 2 heterocycles. The third kappa shape index (κ3) is 5.12. The van der Waals surface area contributed by atoms with Crippen molar-refractivity contribution in [3.05, 3.63) is 78.0 Å². The van der Waals surface area contributed by atoms with Crippen LogP contribution in [0.1, 0.15) is 28.8 Å². The van der Waals surface area contributed by atoms with Gasteiger partial charge in [-0.15, -0.1) is 0 Å². The highest BCUT2D eigenvalue weighted by Gasteiger charge is 2.28. The van der Waals surface area contributed by atoms with Crippen LogP contribution in [-0.2, 0) is 6.54 Å². The molecule has 0 aliphatic carbocycles. The van der Waals surface area contributed by atoms with Gasteiger partial charge < -0.3 is 9.64 Å². The lowest BCUT2D eigenvalue weighted by Gasteiger charge is -2.31. The van der Waals surface area contributed by atoms with E-state index in [1.807, 2.05) is 36.5 Å². The van der Waals surface area contributed by atoms with Crippen LogP contribution in [0.3, 0.4) is 0 Å². The Labute approximate surface area is 181 Å². The molecule has 2 aromatic carbocycles. The van der Waals surface area contributed by atoms with Gasteiger partial charge in [-0.25, -0.2) is 4.79 Å². The molecule has 0 saturated carbocycles. The normalized spacial score (nSPS) is 14.3. The smallest absolute Gasteiger partial charge is 0.323 e. The van der Waals surface area contributed by atoms with E-state index in [0.29, 0.717) is 43.9 Å². The average Bonchev–Trinajstić information content (AvgIpc) is 3.26. The summed E-state index contributed by atoms with van der Waals surface area (Å²) in [5, 5.41) is 7.29. The summed E-state index contributed by atoms with van der Waals surface area (Å²) < 4.78 is 6.94. The van der Waals surface area contributed by atoms with Gasteiger partial charge >= 0.3 is 6.03 Å². The second-order valence-corrected chi connectivity index (χ2v) is 7.67. The third-order valence-electron chi connectivity index (χ3n) is 5.59. The quantitative estimate of drug-likeness (QED) is 0.613. The SMILES string of the molecule is COc1ccc(C(=O)C2CCN(C(=O)Nc3ccn(Cc4ccccc4)n3)CC2)cc1. The maximum atomic E-state index is 12.7. The molecule has 4 rings (SSSR count). The fourth-order valence-electron chi connectivity index (χ4n) is 3.81. The molecule has 160 valence electrons. The van der Waals surface area contributed by atoms with Crippen molar-refractivity contribution in [2.24, 2.45) is 5.92 Å². The number of ether oxygens (including phenoxy) is 1. The molecule has 7 nitrogen and oxygen atoms in total. The zero-order valence-electron chi connectivity index (χ0n) is 17.5. The Morgan fingerprint density at radius 1 is 1.03 bits per heavy atom. The molecule has 0 bridgehead atoms. The number of hydrogen-bond donors (Lipinski definition) is 1. The number of nitrogens with zero attached hydrogens (tertiary/aromatic N) is 3. The molecule has 0 atom stereocenters. The Balaban J connectivity index is 1.28. The summed E-state index contributed by atoms with van der Waals surface area (Å²) in [7, 11) is 1.60. The minimum absolute atomic E-state index is 0.0671. The van der Waals surface area contributed by atoms with Gasteiger partial charge in [-0.1, -0.05) is 30.3 Å². The predicted octanol–water partition coefficient (Wildman–Crippen LogP) is 4.07. The number of piperidine rings is 1. The second-order valence-electron chi connectivity index (χ2n) is 7.67. The zero-order valence-corrected chi connectivity index (χ0v) is 17.5. The highest BCUT2D eigenvalue weighted by Crippen LogP contribution is 2.23. The second kappa shape index (κ2) is 9.47. The number of Topliss-reactive ketones (excluding diaryl/α,β-unsaturated/α-hetero) is 1. The largest absolute Gasteiger partial charge is 0.497 e. The molecule has 1 N–H and O–H groups in total. The fourth-order valence-corrected chi connectivity index (χ4v) is 3.81. The van der Waals surface area contributed by atoms with Crippen molar-refractivity contribution >= 4 is 17.6 Å². The number of rotatable bonds is 6. The van der Waals surface area contributed by atoms with Gasteiger partial charge in [0, 0.05) is 36.8 Å². The van der Waals surface area contributed by atoms with Crippen LogP contribution < -0.4 is 10.1 Å². The van der Waals surface area contributed by atoms with E-state index in [-0.39, 0.29) is 17.7 Å². The molecule has 1 aliphatic heterocycles. The van der Waals surface area contributed by atoms with E-state index in [0.717, 1.165) is 11.3 Å². The first-order valence-electron chi connectivity index (χ1n) is 10.4. The molecule has 2 amide bonds. The topological polar surface area (TPSA) is 76.5 Å². The average molecular weight is 418 g/mol. The molecule has 31 heavy (non-hydrogen) atoms. The summed E-state index contributed by atoms with van der Waals surface area (Å²) in [5.41, 5.74) is 1.83. The van der Waals surface area contributed by atoms with Gasteiger partial charge in [0.1, 0.15) is 5.75 Å². The van der Waals surface area contributed by atoms with Crippen LogP contribution in [0.2, 0.25) is 0 Å². The Morgan fingerprint density at radius 3 is 2.42 bits per heavy atom. The number of ketones is 1. The first-order valence-corrected chi connectivity index (χ1v) is 10.4. The number of amides is 2. The van der Waals surface area contributed by atoms with E-state index >= 15 is 0 Å². The van der Waals surface area contributed by atoms with E-state index < -0.39 is 0 Å². The molecule has 1 aliphatic rings. The highest BCUT2D eigenvalue weighted by molar-refractivity contribution is 5.98. The van der Waals surface area contributed by atoms with Crippen LogP contribution in [0.15, 0.2) is 66.9 Å². The van der Waals surface area contributed by atoms with Gasteiger partial charge in [0.15, 0.2) is 11.6 Å². The molecule has 7 heteroatoms. The van der Waals surface area contributed by atoms with Crippen molar-refractivity contribution in [3.8, 4) is 5.75 Å². The maximum Gasteiger partial charge on any atom is 0.323 e. The lowest BCUT2D eigenvalue weighted by molar-refractivity contribution is 0.0859. The Morgan fingerprint density at radius 2 is 1.74 bits per heavy atom. The first kappa shape index (κ1) is 20.7. The number of urea groups is 1. The van der Waals surface area contributed by atoms with E-state index in [1.54, 1.807) is 47.0 Å². The molecule has 0 spiro atoms. The van der Waals surface area contributed by atoms with Gasteiger partial charge in [-0.2, -0.15) is 5.10 Å². The summed E-state index contributed by atoms with van der Waals surface area (Å²) in [6.45, 7) is 1.74. The fraction of sp³-hybridized carbons (Fsp3) is 0.292. The van der Waals surface area contributed by atoms with Crippen LogP contribution in [0.5, 0.6) is 5.75 Å². The molecular weight excluding hydrogens is 392 g/mol. The number of methoxy groups -OCH3 is 1. The van der Waals surface area contributed by atoms with Crippen molar-refractivity contribution in [1.82, 2.24) is 14.7 Å². The van der Waals surface area contributed by atoms with Crippen LogP contribution in [-0.4, -0.2) is 46.7 Å². The lowest BCUT2D eigenvalue weighted by Crippen LogP contribution is -2.42. The Bertz CT molecular complexity index is 1020. The minimum atomic E-state index is -0.180. The van der Waals surface area contributed by atoms with Crippen LogP contribution in [0, 0.1) is 5.92 Å². The molecule has 0 unspecified atom stereocenters. The number of anilines is 1. The van der Waals surface area contributed by atoms with Gasteiger partial charge in [0.25, 0.3) is 0 Å². The molecule has 1 saturated heterocycles. The standard InChI is InChI=1S/C24H26N4O3/c1-31-21-9-7-19(8-10-21)23(29)20-11-14-27(15-12-20)24(30)25-22-13-16-28(26-22)17-18-5-3-2-4-6-18/h2-10,13,16,20H,11-12,14-15,17H2,1H3,(H,25,26,30). The van der Waals surface area contributed by atoms with E-state index in [2.05, 4.69) is 10.4 Å². The number of nitrogens with one attached hydrogen (secondary N) is 1. The predicted molar refractivity (Wildman–Crippen MR) is 118 cm³/mol. The summed E-state index contributed by atoms with van der Waals surface area (Å²) in [4.78, 5) is 27.1. The molecular formula is C24H26N4O3. The van der Waals surface area contributed by atoms with Crippen LogP contribution in [0.4, 0.5) is 10.6 Å². The minimum Gasteiger partial charge on any atom is -0.497 e. The number of likely N-dealkylation sites (tertiary alicyclic amines) is 1. The van der Waals surface area contributed by atoms with Gasteiger partial charge in [0.2, 0.25) is 0 Å². The van der Waals surface area contributed by atoms with Crippen molar-refractivity contribution in [3.63, 3.8) is 0 Å². The van der Waals surface area contributed by atoms with Crippen LogP contribution >= 0.6 is 0 Å². The summed E-state index contributed by atoms with van der Waals surface area (Å²) in [6.07, 6.45) is 3.16. The Kier molecular flexibility index (Phi) is 6.31. The van der Waals surface area contributed by atoms with E-state index in [1.165, 1.54) is 0 Å². The van der Waals surface area contributed by atoms with Gasteiger partial charge in [-0.3, -0.25) is 14.8 Å². The highest BCUT2D eigenvalue weighted by atomic mass is 16.5. The number of carbonyl (C=O) groups is 2. The number of hydrogen-bond acceptors (Lipinski definition) is 4. The monoisotopic (exact) mass is 418 g/mol. The lowest BCUT2D eigenvalue weighted by atomic mass is 9.89. The summed E-state index contributed by atoms with van der Waals surface area (Å²) in [6, 6.07) is 18.8. The summed E-state index contributed by atoms with van der Waals surface area (Å²) in [5.74, 6) is 1.32. The van der Waals surface area contributed by atoms with Gasteiger partial charge in [-0.05, 0) is 42.7 Å². The van der Waals surface area contributed by atoms with Crippen molar-refractivity contribution in [2.75, 3.05) is 25.5 Å². The molecule has 3 aromatic rings. The van der Waals surface area contributed by atoms with E-state index in [9.17, 15) is 9.59 Å². The van der Waals surface area contributed by atoms with Crippen molar-refractivity contribution in [1.29, 1.82) is 0 Å². The van der Waals surface area contributed by atoms with Gasteiger partial charge in [0.05, 0.1) is 13.7 Å². The number of benzene rings is 2. The molecule has 0 radical (unpaired) electrons. The van der Waals surface area contributed by atoms with E-state index in [4.69, 9.17) is 4.74 Å². The third-order valence-corrected chi connectivity index (χ3v) is 5.59. The number of carbonyl (C=O) groups excluding carboxylic acids is 2. The first-order chi connectivity index (χ1) is 15.1. The van der Waals surface area contributed by atoms with Crippen molar-refractivity contribution < 1.29 is 14.3 Å². The molecule has 1 aromatic heterocycles. The van der Waals surface area contributed by atoms with Crippen molar-refractivity contribution in [2.45, 2.75) is 19.4 Å². The maximum absolute atomic E-state index is 12.7. The summed E-state index contributed by atoms with van der Waals surface area (Å²) >= 11 is 0. The van der Waals surface area contributed by atoms with Crippen LogP contribution in [0.25, 0.3) is 0 Å².